The van der Waals surface area contributed by atoms with Crippen molar-refractivity contribution in [2.45, 2.75) is 44.7 Å². The molecule has 7 heteroatoms. The van der Waals surface area contributed by atoms with Crippen LogP contribution in [0.4, 0.5) is 0 Å². The molecule has 1 heterocycles. The SMILES string of the molecule is CCOCc1c(S(=O)(=O)Cl)cnn1[C@@H](C)CC. The first-order chi connectivity index (χ1) is 7.91. The van der Waals surface area contributed by atoms with Crippen molar-refractivity contribution in [1.82, 2.24) is 9.78 Å². The molecule has 0 fully saturated rings. The van der Waals surface area contributed by atoms with Gasteiger partial charge in [0.15, 0.2) is 0 Å². The fraction of sp³-hybridized carbons (Fsp3) is 0.700. The van der Waals surface area contributed by atoms with Gasteiger partial charge in [-0.15, -0.1) is 0 Å². The molecule has 0 aliphatic carbocycles. The van der Waals surface area contributed by atoms with Crippen molar-refractivity contribution in [2.75, 3.05) is 6.61 Å². The van der Waals surface area contributed by atoms with Gasteiger partial charge in [-0.1, -0.05) is 6.92 Å². The quantitative estimate of drug-likeness (QED) is 0.750. The summed E-state index contributed by atoms with van der Waals surface area (Å²) in [6.07, 6.45) is 2.13. The number of rotatable bonds is 6. The molecule has 0 N–H and O–H groups in total. The maximum absolute atomic E-state index is 11.4. The molecule has 0 aliphatic heterocycles. The number of nitrogens with zero attached hydrogens (tertiary/aromatic N) is 2. The van der Waals surface area contributed by atoms with E-state index >= 15 is 0 Å². The summed E-state index contributed by atoms with van der Waals surface area (Å²) in [5, 5.41) is 4.08. The molecular formula is C10H17ClN2O3S. The molecule has 0 saturated heterocycles. The Morgan fingerprint density at radius 3 is 2.65 bits per heavy atom. The average Bonchev–Trinajstić information content (AvgIpc) is 2.68. The summed E-state index contributed by atoms with van der Waals surface area (Å²) in [6, 6.07) is 0.109. The Morgan fingerprint density at radius 1 is 1.53 bits per heavy atom. The Bertz CT molecular complexity index is 470. The van der Waals surface area contributed by atoms with E-state index in [2.05, 4.69) is 5.10 Å². The summed E-state index contributed by atoms with van der Waals surface area (Å²) in [6.45, 7) is 6.52. The van der Waals surface area contributed by atoms with Gasteiger partial charge in [-0.3, -0.25) is 4.68 Å². The zero-order chi connectivity index (χ0) is 13.1. The molecule has 1 atom stereocenters. The van der Waals surface area contributed by atoms with Crippen LogP contribution in [-0.4, -0.2) is 24.8 Å². The highest BCUT2D eigenvalue weighted by atomic mass is 35.7. The van der Waals surface area contributed by atoms with Gasteiger partial charge in [-0.25, -0.2) is 8.42 Å². The molecule has 0 spiro atoms. The molecule has 0 aromatic carbocycles. The molecule has 17 heavy (non-hydrogen) atoms. The van der Waals surface area contributed by atoms with Gasteiger partial charge in [0.1, 0.15) is 4.90 Å². The van der Waals surface area contributed by atoms with Crippen LogP contribution in [0.5, 0.6) is 0 Å². The van der Waals surface area contributed by atoms with Crippen molar-refractivity contribution in [2.24, 2.45) is 0 Å². The Balaban J connectivity index is 3.20. The van der Waals surface area contributed by atoms with Crippen LogP contribution in [0.25, 0.3) is 0 Å². The van der Waals surface area contributed by atoms with Crippen LogP contribution in [0.15, 0.2) is 11.1 Å². The Labute approximate surface area is 106 Å². The van der Waals surface area contributed by atoms with Gasteiger partial charge in [0.2, 0.25) is 0 Å². The third-order valence-corrected chi connectivity index (χ3v) is 3.94. The minimum absolute atomic E-state index is 0.0351. The van der Waals surface area contributed by atoms with Crippen molar-refractivity contribution in [3.8, 4) is 0 Å². The largest absolute Gasteiger partial charge is 0.375 e. The molecular weight excluding hydrogens is 264 g/mol. The molecule has 5 nitrogen and oxygen atoms in total. The van der Waals surface area contributed by atoms with Crippen LogP contribution >= 0.6 is 10.7 Å². The fourth-order valence-electron chi connectivity index (χ4n) is 1.46. The minimum atomic E-state index is -3.78. The summed E-state index contributed by atoms with van der Waals surface area (Å²) >= 11 is 0. The lowest BCUT2D eigenvalue weighted by molar-refractivity contribution is 0.124. The lowest BCUT2D eigenvalue weighted by atomic mass is 10.2. The van der Waals surface area contributed by atoms with E-state index in [-0.39, 0.29) is 17.5 Å². The van der Waals surface area contributed by atoms with Crippen LogP contribution in [0.2, 0.25) is 0 Å². The Kier molecular flexibility index (Phi) is 4.97. The summed E-state index contributed by atoms with van der Waals surface area (Å²) in [4.78, 5) is 0.0351. The Morgan fingerprint density at radius 2 is 2.18 bits per heavy atom. The van der Waals surface area contributed by atoms with Crippen LogP contribution < -0.4 is 0 Å². The number of halogens is 1. The van der Waals surface area contributed by atoms with Gasteiger partial charge in [0.25, 0.3) is 9.05 Å². The number of aromatic nitrogens is 2. The van der Waals surface area contributed by atoms with Gasteiger partial charge in [0, 0.05) is 23.3 Å². The molecule has 1 aromatic heterocycles. The van der Waals surface area contributed by atoms with E-state index in [1.807, 2.05) is 20.8 Å². The lowest BCUT2D eigenvalue weighted by Gasteiger charge is -2.14. The van der Waals surface area contributed by atoms with Gasteiger partial charge in [-0.05, 0) is 20.3 Å². The standard InChI is InChI=1S/C10H17ClN2O3S/c1-4-8(3)13-9(7-16-5-2)10(6-12-13)17(11,14)15/h6,8H,4-5,7H2,1-3H3/t8-/m0/s1. The van der Waals surface area contributed by atoms with E-state index in [0.29, 0.717) is 12.3 Å². The molecule has 1 rings (SSSR count). The summed E-state index contributed by atoms with van der Waals surface area (Å²) in [5.74, 6) is 0. The first-order valence-corrected chi connectivity index (χ1v) is 7.81. The van der Waals surface area contributed by atoms with Crippen molar-refractivity contribution >= 4 is 19.7 Å². The van der Waals surface area contributed by atoms with Crippen LogP contribution in [-0.2, 0) is 20.4 Å². The first kappa shape index (κ1) is 14.5. The topological polar surface area (TPSA) is 61.2 Å². The minimum Gasteiger partial charge on any atom is -0.375 e. The summed E-state index contributed by atoms with van der Waals surface area (Å²) in [7, 11) is 1.59. The van der Waals surface area contributed by atoms with Gasteiger partial charge >= 0.3 is 0 Å². The second kappa shape index (κ2) is 5.84. The van der Waals surface area contributed by atoms with E-state index in [4.69, 9.17) is 15.4 Å². The summed E-state index contributed by atoms with van der Waals surface area (Å²) < 4.78 is 29.7. The lowest BCUT2D eigenvalue weighted by Crippen LogP contribution is -2.12. The molecule has 0 saturated carbocycles. The second-order valence-electron chi connectivity index (χ2n) is 3.73. The van der Waals surface area contributed by atoms with Crippen molar-refractivity contribution < 1.29 is 13.2 Å². The highest BCUT2D eigenvalue weighted by Gasteiger charge is 2.22. The molecule has 0 radical (unpaired) electrons. The van der Waals surface area contributed by atoms with Gasteiger partial charge in [0.05, 0.1) is 18.5 Å². The summed E-state index contributed by atoms with van der Waals surface area (Å²) in [5.41, 5.74) is 0.510. The zero-order valence-electron chi connectivity index (χ0n) is 10.2. The predicted octanol–water partition coefficient (Wildman–Crippen LogP) is 2.32. The highest BCUT2D eigenvalue weighted by Crippen LogP contribution is 2.24. The third kappa shape index (κ3) is 3.43. The van der Waals surface area contributed by atoms with Gasteiger partial charge < -0.3 is 4.74 Å². The second-order valence-corrected chi connectivity index (χ2v) is 6.27. The first-order valence-electron chi connectivity index (χ1n) is 5.50. The van der Waals surface area contributed by atoms with E-state index in [1.54, 1.807) is 4.68 Å². The fourth-order valence-corrected chi connectivity index (χ4v) is 2.46. The van der Waals surface area contributed by atoms with E-state index < -0.39 is 9.05 Å². The maximum atomic E-state index is 11.4. The molecule has 0 unspecified atom stereocenters. The number of hydrogen-bond donors (Lipinski definition) is 0. The molecule has 0 bridgehead atoms. The van der Waals surface area contributed by atoms with Crippen LogP contribution in [0, 0.1) is 0 Å². The molecule has 1 aromatic rings. The van der Waals surface area contributed by atoms with Crippen molar-refractivity contribution in [3.63, 3.8) is 0 Å². The molecule has 0 aliphatic rings. The zero-order valence-corrected chi connectivity index (χ0v) is 11.8. The van der Waals surface area contributed by atoms with E-state index in [0.717, 1.165) is 6.42 Å². The van der Waals surface area contributed by atoms with Crippen molar-refractivity contribution in [3.05, 3.63) is 11.9 Å². The maximum Gasteiger partial charge on any atom is 0.264 e. The Hall–Kier alpha value is -0.590. The monoisotopic (exact) mass is 280 g/mol. The van der Waals surface area contributed by atoms with Crippen LogP contribution in [0.3, 0.4) is 0 Å². The number of ether oxygens (including phenoxy) is 1. The van der Waals surface area contributed by atoms with E-state index in [1.165, 1.54) is 6.20 Å². The highest BCUT2D eigenvalue weighted by molar-refractivity contribution is 8.13. The number of hydrogen-bond acceptors (Lipinski definition) is 4. The molecule has 0 amide bonds. The van der Waals surface area contributed by atoms with Gasteiger partial charge in [-0.2, -0.15) is 5.10 Å². The predicted molar refractivity (Wildman–Crippen MR) is 65.6 cm³/mol. The smallest absolute Gasteiger partial charge is 0.264 e. The van der Waals surface area contributed by atoms with Crippen LogP contribution in [0.1, 0.15) is 38.9 Å². The normalized spacial score (nSPS) is 13.9. The third-order valence-electron chi connectivity index (χ3n) is 2.57. The molecule has 98 valence electrons. The van der Waals surface area contributed by atoms with Crippen molar-refractivity contribution in [1.29, 1.82) is 0 Å². The van der Waals surface area contributed by atoms with E-state index in [9.17, 15) is 8.42 Å². The average molecular weight is 281 g/mol.